The molecule has 3 aromatic rings. The largest absolute Gasteiger partial charge is 0.333 e. The van der Waals surface area contributed by atoms with Crippen LogP contribution in [-0.2, 0) is 22.6 Å². The van der Waals surface area contributed by atoms with Crippen LogP contribution in [0.5, 0.6) is 0 Å². The van der Waals surface area contributed by atoms with Crippen molar-refractivity contribution in [1.29, 1.82) is 0 Å². The topological polar surface area (TPSA) is 76.2 Å². The van der Waals surface area contributed by atoms with E-state index in [-0.39, 0.29) is 30.4 Å². The number of hydrogen-bond acceptors (Lipinski definition) is 4. The second kappa shape index (κ2) is 11.1. The Morgan fingerprint density at radius 1 is 0.921 bits per heavy atom. The van der Waals surface area contributed by atoms with Gasteiger partial charge in [-0.2, -0.15) is 5.01 Å². The molecule has 2 aliphatic rings. The number of hydrazine groups is 1. The summed E-state index contributed by atoms with van der Waals surface area (Å²) in [7, 11) is 1.67. The van der Waals surface area contributed by atoms with Crippen LogP contribution < -0.4 is 5.32 Å². The maximum atomic E-state index is 13.9. The van der Waals surface area contributed by atoms with Crippen molar-refractivity contribution >= 4 is 17.8 Å². The van der Waals surface area contributed by atoms with Crippen LogP contribution in [-0.4, -0.2) is 70.0 Å². The lowest BCUT2D eigenvalue weighted by Crippen LogP contribution is -2.66. The second-order valence-corrected chi connectivity index (χ2v) is 9.83. The average molecular weight is 512 g/mol. The molecule has 0 unspecified atom stereocenters. The minimum Gasteiger partial charge on any atom is -0.333 e. The number of nitrogens with zero attached hydrogens (tertiary/aromatic N) is 4. The van der Waals surface area contributed by atoms with Crippen molar-refractivity contribution in [2.75, 3.05) is 20.1 Å². The van der Waals surface area contributed by atoms with Crippen LogP contribution in [0.4, 0.5) is 4.79 Å². The van der Waals surface area contributed by atoms with Gasteiger partial charge in [0.2, 0.25) is 11.8 Å². The Bertz CT molecular complexity index is 1270. The fourth-order valence-electron chi connectivity index (χ4n) is 5.37. The van der Waals surface area contributed by atoms with E-state index in [4.69, 9.17) is 0 Å². The summed E-state index contributed by atoms with van der Waals surface area (Å²) in [5.74, 6) is -0.230. The number of urea groups is 1. The number of piperazine rings is 1. The molecule has 5 rings (SSSR count). The molecule has 2 fully saturated rings. The van der Waals surface area contributed by atoms with Crippen molar-refractivity contribution in [3.63, 3.8) is 0 Å². The van der Waals surface area contributed by atoms with Crippen LogP contribution in [0.3, 0.4) is 0 Å². The molecule has 2 aliphatic heterocycles. The van der Waals surface area contributed by atoms with Gasteiger partial charge in [-0.1, -0.05) is 91.0 Å². The molecular weight excluding hydrogens is 478 g/mol. The molecule has 2 heterocycles. The highest BCUT2D eigenvalue weighted by Gasteiger charge is 2.52. The number of amides is 4. The number of hydrogen-bond donors (Lipinski definition) is 1. The van der Waals surface area contributed by atoms with E-state index >= 15 is 0 Å². The second-order valence-electron chi connectivity index (χ2n) is 9.83. The molecule has 38 heavy (non-hydrogen) atoms. The first-order valence-corrected chi connectivity index (χ1v) is 13.0. The van der Waals surface area contributed by atoms with Gasteiger partial charge in [-0.3, -0.25) is 14.6 Å². The van der Waals surface area contributed by atoms with Crippen LogP contribution in [0, 0.1) is 0 Å². The fraction of sp³-hybridized carbons (Fsp3) is 0.300. The number of rotatable bonds is 7. The van der Waals surface area contributed by atoms with E-state index in [1.807, 2.05) is 103 Å². The summed E-state index contributed by atoms with van der Waals surface area (Å²) >= 11 is 0. The van der Waals surface area contributed by atoms with Gasteiger partial charge in [0, 0.05) is 20.0 Å². The smallest absolute Gasteiger partial charge is 0.332 e. The summed E-state index contributed by atoms with van der Waals surface area (Å²) in [5.41, 5.74) is 3.00. The Balaban J connectivity index is 1.41. The minimum atomic E-state index is -0.652. The molecule has 8 nitrogen and oxygen atoms in total. The Hall–Kier alpha value is -4.17. The summed E-state index contributed by atoms with van der Waals surface area (Å²) in [6.45, 7) is 2.74. The third-order valence-corrected chi connectivity index (χ3v) is 7.50. The van der Waals surface area contributed by atoms with E-state index in [0.717, 1.165) is 16.7 Å². The van der Waals surface area contributed by atoms with Crippen molar-refractivity contribution in [3.05, 3.63) is 108 Å². The van der Waals surface area contributed by atoms with E-state index in [0.29, 0.717) is 19.5 Å². The molecule has 3 atom stereocenters. The monoisotopic (exact) mass is 511 g/mol. The predicted octanol–water partition coefficient (Wildman–Crippen LogP) is 3.43. The van der Waals surface area contributed by atoms with Gasteiger partial charge in [-0.25, -0.2) is 4.79 Å². The molecule has 2 saturated heterocycles. The zero-order valence-corrected chi connectivity index (χ0v) is 21.7. The van der Waals surface area contributed by atoms with Crippen LogP contribution >= 0.6 is 0 Å². The highest BCUT2D eigenvalue weighted by Crippen LogP contribution is 2.33. The van der Waals surface area contributed by atoms with Crippen molar-refractivity contribution in [3.8, 4) is 0 Å². The molecule has 4 amide bonds. The van der Waals surface area contributed by atoms with Gasteiger partial charge in [0.15, 0.2) is 0 Å². The van der Waals surface area contributed by atoms with E-state index in [9.17, 15) is 14.4 Å². The Kier molecular flexibility index (Phi) is 7.42. The van der Waals surface area contributed by atoms with Crippen LogP contribution in [0.15, 0.2) is 91.0 Å². The number of nitrogens with one attached hydrogen (secondary N) is 1. The summed E-state index contributed by atoms with van der Waals surface area (Å²) in [6, 6.07) is 28.2. The summed E-state index contributed by atoms with van der Waals surface area (Å²) in [4.78, 5) is 44.0. The summed E-state index contributed by atoms with van der Waals surface area (Å²) in [5, 5.41) is 6.19. The molecule has 1 N–H and O–H groups in total. The van der Waals surface area contributed by atoms with Gasteiger partial charge in [0.1, 0.15) is 12.2 Å². The van der Waals surface area contributed by atoms with E-state index in [1.54, 1.807) is 17.0 Å². The SMILES string of the molecule is C[C@@H](c1ccccc1)N1C[C@H]2N(C(=O)CN2N(C)C(=O)NCc2ccccc2)[C@@H](Cc2ccccc2)C1=O. The summed E-state index contributed by atoms with van der Waals surface area (Å²) < 4.78 is 0. The van der Waals surface area contributed by atoms with Crippen LogP contribution in [0.1, 0.15) is 29.7 Å². The van der Waals surface area contributed by atoms with Gasteiger partial charge in [0.25, 0.3) is 0 Å². The van der Waals surface area contributed by atoms with Crippen LogP contribution in [0.25, 0.3) is 0 Å². The lowest BCUT2D eigenvalue weighted by Gasteiger charge is -2.47. The Morgan fingerprint density at radius 2 is 1.50 bits per heavy atom. The van der Waals surface area contributed by atoms with Gasteiger partial charge >= 0.3 is 6.03 Å². The molecule has 0 spiro atoms. The molecule has 0 aromatic heterocycles. The first-order chi connectivity index (χ1) is 18.4. The molecule has 8 heteroatoms. The quantitative estimate of drug-likeness (QED) is 0.528. The van der Waals surface area contributed by atoms with Crippen molar-refractivity contribution in [1.82, 2.24) is 25.1 Å². The number of carbonyl (C=O) groups excluding carboxylic acids is 3. The minimum absolute atomic E-state index is 0.0338. The van der Waals surface area contributed by atoms with E-state index in [1.165, 1.54) is 5.01 Å². The summed E-state index contributed by atoms with van der Waals surface area (Å²) in [6.07, 6.45) is -0.0370. The predicted molar refractivity (Wildman–Crippen MR) is 144 cm³/mol. The third kappa shape index (κ3) is 5.13. The lowest BCUT2D eigenvalue weighted by atomic mass is 9.98. The van der Waals surface area contributed by atoms with E-state index < -0.39 is 12.2 Å². The third-order valence-electron chi connectivity index (χ3n) is 7.50. The molecule has 3 aromatic carbocycles. The zero-order valence-electron chi connectivity index (χ0n) is 21.7. The molecule has 0 radical (unpaired) electrons. The maximum absolute atomic E-state index is 13.9. The average Bonchev–Trinajstić information content (AvgIpc) is 3.29. The highest BCUT2D eigenvalue weighted by atomic mass is 16.2. The van der Waals surface area contributed by atoms with Crippen LogP contribution in [0.2, 0.25) is 0 Å². The zero-order chi connectivity index (χ0) is 26.6. The number of fused-ring (bicyclic) bond motifs is 1. The van der Waals surface area contributed by atoms with Gasteiger partial charge in [-0.05, 0) is 23.6 Å². The Morgan fingerprint density at radius 3 is 2.13 bits per heavy atom. The number of carbonyl (C=O) groups is 3. The fourth-order valence-corrected chi connectivity index (χ4v) is 5.37. The first-order valence-electron chi connectivity index (χ1n) is 13.0. The lowest BCUT2D eigenvalue weighted by molar-refractivity contribution is -0.159. The van der Waals surface area contributed by atoms with Gasteiger partial charge in [-0.15, -0.1) is 0 Å². The Labute approximate surface area is 223 Å². The van der Waals surface area contributed by atoms with Gasteiger partial charge in [0.05, 0.1) is 19.1 Å². The highest BCUT2D eigenvalue weighted by molar-refractivity contribution is 5.92. The molecule has 0 bridgehead atoms. The first kappa shape index (κ1) is 25.5. The van der Waals surface area contributed by atoms with Crippen molar-refractivity contribution in [2.45, 2.75) is 38.1 Å². The molecule has 0 saturated carbocycles. The molecular formula is C30H33N5O3. The standard InChI is InChI=1S/C30H33N5O3/c1-22(25-16-10-5-11-17-25)33-20-27-34(32(2)30(38)31-19-24-14-8-4-9-15-24)21-28(36)35(27)26(29(33)37)18-23-12-6-3-7-13-23/h3-17,22,26-27H,18-21H2,1-2H3,(H,31,38)/t22-,26-,27+/m0/s1. The van der Waals surface area contributed by atoms with Crippen molar-refractivity contribution in [2.24, 2.45) is 0 Å². The van der Waals surface area contributed by atoms with Crippen molar-refractivity contribution < 1.29 is 14.4 Å². The molecule has 0 aliphatic carbocycles. The number of benzene rings is 3. The normalized spacial score (nSPS) is 20.3. The van der Waals surface area contributed by atoms with E-state index in [2.05, 4.69) is 5.32 Å². The molecule has 196 valence electrons. The van der Waals surface area contributed by atoms with Gasteiger partial charge < -0.3 is 15.1 Å². The maximum Gasteiger partial charge on any atom is 0.332 e.